The number of esters is 1. The zero-order valence-electron chi connectivity index (χ0n) is 17.6. The first kappa shape index (κ1) is 20.3. The van der Waals surface area contributed by atoms with Crippen molar-refractivity contribution in [3.05, 3.63) is 47.0 Å². The molecule has 2 aromatic heterocycles. The summed E-state index contributed by atoms with van der Waals surface area (Å²) < 4.78 is 18.1. The Balaban J connectivity index is 1.77. The maximum absolute atomic E-state index is 12.3. The Kier molecular flexibility index (Phi) is 5.01. The normalized spacial score (nSPS) is 15.6. The highest BCUT2D eigenvalue weighted by atomic mass is 16.6. The van der Waals surface area contributed by atoms with Gasteiger partial charge in [-0.25, -0.2) is 9.50 Å². The second-order valence-corrected chi connectivity index (χ2v) is 6.92. The molecule has 11 heteroatoms. The molecule has 1 amide bonds. The second kappa shape index (κ2) is 7.67. The molecule has 1 atom stereocenters. The van der Waals surface area contributed by atoms with Crippen molar-refractivity contribution < 1.29 is 23.8 Å². The summed E-state index contributed by atoms with van der Waals surface area (Å²) in [5.41, 5.74) is 2.02. The number of hydrogen-bond acceptors (Lipinski definition) is 9. The Morgan fingerprint density at radius 3 is 2.58 bits per heavy atom. The summed E-state index contributed by atoms with van der Waals surface area (Å²) >= 11 is 0. The lowest BCUT2D eigenvalue weighted by Gasteiger charge is -2.21. The van der Waals surface area contributed by atoms with Crippen molar-refractivity contribution in [2.45, 2.75) is 33.9 Å². The summed E-state index contributed by atoms with van der Waals surface area (Å²) in [4.78, 5) is 32.6. The number of rotatable bonds is 4. The number of hydrogen-bond donors (Lipinski definition) is 0. The molecule has 1 aromatic carbocycles. The third kappa shape index (κ3) is 3.77. The van der Waals surface area contributed by atoms with Crippen LogP contribution in [0.1, 0.15) is 42.9 Å². The largest absolute Gasteiger partial charge is 0.497 e. The standard InChI is InChI=1S/C20H20N6O5/c1-10-8-11(2)25-20(21-10)22-17(23-25)18-24-26(12(3)27)19(31-18)15-9-14(29-5)6-7-16(15)30-13(4)28/h6-9,19H,1-5H3. The van der Waals surface area contributed by atoms with Crippen molar-refractivity contribution in [1.82, 2.24) is 24.6 Å². The van der Waals surface area contributed by atoms with E-state index < -0.39 is 12.2 Å². The Labute approximate surface area is 177 Å². The number of carbonyl (C=O) groups excluding carboxylic acids is 2. The fraction of sp³-hybridized carbons (Fsp3) is 0.300. The maximum atomic E-state index is 12.3. The number of fused-ring (bicyclic) bond motifs is 1. The van der Waals surface area contributed by atoms with Gasteiger partial charge in [0.1, 0.15) is 11.5 Å². The van der Waals surface area contributed by atoms with Gasteiger partial charge in [0, 0.05) is 25.2 Å². The summed E-state index contributed by atoms with van der Waals surface area (Å²) in [7, 11) is 1.50. The Morgan fingerprint density at radius 1 is 1.13 bits per heavy atom. The molecule has 160 valence electrons. The third-order valence-electron chi connectivity index (χ3n) is 4.51. The van der Waals surface area contributed by atoms with Gasteiger partial charge in [0.2, 0.25) is 18.0 Å². The number of aryl methyl sites for hydroxylation is 2. The van der Waals surface area contributed by atoms with Gasteiger partial charge >= 0.3 is 5.97 Å². The average molecular weight is 424 g/mol. The molecule has 4 rings (SSSR count). The minimum absolute atomic E-state index is 0.0411. The first-order chi connectivity index (χ1) is 14.8. The van der Waals surface area contributed by atoms with E-state index in [1.165, 1.54) is 21.0 Å². The fourth-order valence-corrected chi connectivity index (χ4v) is 3.21. The van der Waals surface area contributed by atoms with E-state index in [9.17, 15) is 9.59 Å². The average Bonchev–Trinajstić information content (AvgIpc) is 3.32. The molecular formula is C20H20N6O5. The van der Waals surface area contributed by atoms with Gasteiger partial charge < -0.3 is 14.2 Å². The van der Waals surface area contributed by atoms with E-state index in [1.54, 1.807) is 22.7 Å². The van der Waals surface area contributed by atoms with Gasteiger partial charge in [-0.05, 0) is 38.1 Å². The molecule has 0 spiro atoms. The predicted molar refractivity (Wildman–Crippen MR) is 107 cm³/mol. The fourth-order valence-electron chi connectivity index (χ4n) is 3.21. The van der Waals surface area contributed by atoms with Crippen molar-refractivity contribution in [1.29, 1.82) is 0 Å². The van der Waals surface area contributed by atoms with Crippen LogP contribution in [0, 0.1) is 13.8 Å². The monoisotopic (exact) mass is 424 g/mol. The molecule has 1 aliphatic heterocycles. The third-order valence-corrected chi connectivity index (χ3v) is 4.51. The summed E-state index contributed by atoms with van der Waals surface area (Å²) in [6, 6.07) is 6.68. The van der Waals surface area contributed by atoms with Crippen molar-refractivity contribution in [2.75, 3.05) is 7.11 Å². The molecule has 1 unspecified atom stereocenters. The zero-order chi connectivity index (χ0) is 22.3. The van der Waals surface area contributed by atoms with E-state index in [2.05, 4.69) is 20.2 Å². The van der Waals surface area contributed by atoms with Gasteiger partial charge in [0.05, 0.1) is 12.7 Å². The lowest BCUT2D eigenvalue weighted by atomic mass is 10.1. The van der Waals surface area contributed by atoms with Crippen molar-refractivity contribution >= 4 is 23.6 Å². The van der Waals surface area contributed by atoms with Crippen LogP contribution in [0.15, 0.2) is 29.4 Å². The van der Waals surface area contributed by atoms with Crippen LogP contribution in [0.5, 0.6) is 11.5 Å². The molecule has 1 aliphatic rings. The summed E-state index contributed by atoms with van der Waals surface area (Å²) in [6.07, 6.45) is -1.00. The highest BCUT2D eigenvalue weighted by Gasteiger charge is 2.37. The van der Waals surface area contributed by atoms with Crippen molar-refractivity contribution in [3.63, 3.8) is 0 Å². The van der Waals surface area contributed by atoms with E-state index in [1.807, 2.05) is 19.9 Å². The van der Waals surface area contributed by atoms with Crippen LogP contribution in [0.4, 0.5) is 0 Å². The molecule has 0 aliphatic carbocycles. The topological polar surface area (TPSA) is 121 Å². The van der Waals surface area contributed by atoms with Crippen LogP contribution in [-0.4, -0.2) is 49.5 Å². The van der Waals surface area contributed by atoms with Gasteiger partial charge in [0.15, 0.2) is 0 Å². The smallest absolute Gasteiger partial charge is 0.308 e. The number of amides is 1. The molecular weight excluding hydrogens is 404 g/mol. The first-order valence-corrected chi connectivity index (χ1v) is 9.39. The number of aromatic nitrogens is 4. The van der Waals surface area contributed by atoms with Gasteiger partial charge in [0.25, 0.3) is 11.7 Å². The van der Waals surface area contributed by atoms with Crippen molar-refractivity contribution in [3.8, 4) is 11.5 Å². The molecule has 0 bridgehead atoms. The molecule has 0 radical (unpaired) electrons. The number of nitrogens with zero attached hydrogens (tertiary/aromatic N) is 6. The minimum atomic E-state index is -1.00. The van der Waals surface area contributed by atoms with Gasteiger partial charge in [-0.1, -0.05) is 0 Å². The highest BCUT2D eigenvalue weighted by molar-refractivity contribution is 5.93. The number of ether oxygens (including phenoxy) is 3. The molecule has 0 saturated heterocycles. The molecule has 3 aromatic rings. The van der Waals surface area contributed by atoms with E-state index in [4.69, 9.17) is 14.2 Å². The number of benzene rings is 1. The minimum Gasteiger partial charge on any atom is -0.497 e. The Bertz CT molecular complexity index is 1230. The zero-order valence-corrected chi connectivity index (χ0v) is 17.6. The number of methoxy groups -OCH3 is 1. The quantitative estimate of drug-likeness (QED) is 0.460. The van der Waals surface area contributed by atoms with Crippen LogP contribution in [0.2, 0.25) is 0 Å². The number of carbonyl (C=O) groups is 2. The van der Waals surface area contributed by atoms with Gasteiger partial charge in [-0.3, -0.25) is 9.59 Å². The van der Waals surface area contributed by atoms with Crippen LogP contribution in [-0.2, 0) is 14.3 Å². The molecule has 3 heterocycles. The van der Waals surface area contributed by atoms with E-state index in [0.29, 0.717) is 17.1 Å². The SMILES string of the molecule is COc1ccc(OC(C)=O)c(C2OC(c3nc4nc(C)cc(C)n4n3)=NN2C(C)=O)c1. The molecule has 11 nitrogen and oxygen atoms in total. The molecule has 0 saturated carbocycles. The Hall–Kier alpha value is -4.02. The lowest BCUT2D eigenvalue weighted by Crippen LogP contribution is -2.26. The second-order valence-electron chi connectivity index (χ2n) is 6.92. The van der Waals surface area contributed by atoms with E-state index >= 15 is 0 Å². The van der Waals surface area contributed by atoms with E-state index in [0.717, 1.165) is 16.4 Å². The van der Waals surface area contributed by atoms with Crippen LogP contribution >= 0.6 is 0 Å². The molecule has 0 N–H and O–H groups in total. The maximum Gasteiger partial charge on any atom is 0.308 e. The Morgan fingerprint density at radius 2 is 1.90 bits per heavy atom. The predicted octanol–water partition coefficient (Wildman–Crippen LogP) is 1.91. The van der Waals surface area contributed by atoms with Crippen LogP contribution in [0.3, 0.4) is 0 Å². The first-order valence-electron chi connectivity index (χ1n) is 9.39. The van der Waals surface area contributed by atoms with Crippen molar-refractivity contribution in [2.24, 2.45) is 5.10 Å². The van der Waals surface area contributed by atoms with Gasteiger partial charge in [-0.15, -0.1) is 10.2 Å². The van der Waals surface area contributed by atoms with Crippen LogP contribution < -0.4 is 9.47 Å². The number of hydrazone groups is 1. The lowest BCUT2D eigenvalue weighted by molar-refractivity contribution is -0.135. The summed E-state index contributed by atoms with van der Waals surface area (Å²) in [5, 5.41) is 9.80. The molecule has 0 fully saturated rings. The highest BCUT2D eigenvalue weighted by Crippen LogP contribution is 2.37. The van der Waals surface area contributed by atoms with E-state index in [-0.39, 0.29) is 23.4 Å². The summed E-state index contributed by atoms with van der Waals surface area (Å²) in [6.45, 7) is 6.37. The van der Waals surface area contributed by atoms with Crippen LogP contribution in [0.25, 0.3) is 5.78 Å². The van der Waals surface area contributed by atoms with Gasteiger partial charge in [-0.2, -0.15) is 9.99 Å². The molecule has 31 heavy (non-hydrogen) atoms. The summed E-state index contributed by atoms with van der Waals surface area (Å²) in [5.74, 6) is 0.416.